The van der Waals surface area contributed by atoms with Gasteiger partial charge in [0.15, 0.2) is 5.65 Å². The fraction of sp³-hybridized carbons (Fsp3) is 0.379. The van der Waals surface area contributed by atoms with Crippen molar-refractivity contribution in [3.05, 3.63) is 83.0 Å². The number of nitrogens with zero attached hydrogens (tertiary/aromatic N) is 4. The molecule has 2 aromatic heterocycles. The minimum atomic E-state index is 0.468. The molecule has 1 N–H and O–H groups in total. The van der Waals surface area contributed by atoms with E-state index in [1.165, 1.54) is 41.0 Å². The van der Waals surface area contributed by atoms with E-state index in [9.17, 15) is 0 Å². The minimum Gasteiger partial charge on any atom is -0.367 e. The highest BCUT2D eigenvalue weighted by Gasteiger charge is 2.25. The van der Waals surface area contributed by atoms with Gasteiger partial charge in [0.05, 0.1) is 5.69 Å². The highest BCUT2D eigenvalue weighted by atomic mass is 15.3. The zero-order valence-corrected chi connectivity index (χ0v) is 20.0. The van der Waals surface area contributed by atoms with Crippen molar-refractivity contribution in [1.82, 2.24) is 19.5 Å². The van der Waals surface area contributed by atoms with Crippen LogP contribution in [0.4, 0.5) is 5.82 Å². The van der Waals surface area contributed by atoms with Crippen LogP contribution in [-0.4, -0.2) is 38.6 Å². The zero-order valence-electron chi connectivity index (χ0n) is 20.0. The molecule has 5 nitrogen and oxygen atoms in total. The number of hydrogen-bond acceptors (Lipinski definition) is 4. The lowest BCUT2D eigenvalue weighted by molar-refractivity contribution is 0.211. The fourth-order valence-corrected chi connectivity index (χ4v) is 5.51. The van der Waals surface area contributed by atoms with E-state index in [0.717, 1.165) is 62.2 Å². The van der Waals surface area contributed by atoms with E-state index in [1.54, 1.807) is 0 Å². The van der Waals surface area contributed by atoms with Gasteiger partial charge in [-0.05, 0) is 57.1 Å². The van der Waals surface area contributed by atoms with Gasteiger partial charge < -0.3 is 5.32 Å². The molecule has 4 aromatic rings. The van der Waals surface area contributed by atoms with Gasteiger partial charge in [-0.2, -0.15) is 9.61 Å². The fourth-order valence-electron chi connectivity index (χ4n) is 5.51. The number of fused-ring (bicyclic) bond motifs is 2. The smallest absolute Gasteiger partial charge is 0.158 e. The van der Waals surface area contributed by atoms with Crippen molar-refractivity contribution < 1.29 is 0 Å². The van der Waals surface area contributed by atoms with Gasteiger partial charge in [0, 0.05) is 48.6 Å². The van der Waals surface area contributed by atoms with Crippen molar-refractivity contribution in [2.45, 2.75) is 58.0 Å². The maximum absolute atomic E-state index is 5.05. The Kier molecular flexibility index (Phi) is 5.79. The third kappa shape index (κ3) is 4.32. The third-order valence-corrected chi connectivity index (χ3v) is 7.37. The molecule has 0 unspecified atom stereocenters. The summed E-state index contributed by atoms with van der Waals surface area (Å²) in [5.41, 5.74) is 8.41. The number of piperidine rings is 1. The Morgan fingerprint density at radius 3 is 2.59 bits per heavy atom. The molecule has 1 fully saturated rings. The molecule has 0 amide bonds. The minimum absolute atomic E-state index is 0.468. The summed E-state index contributed by atoms with van der Waals surface area (Å²) in [6.07, 6.45) is 6.92. The van der Waals surface area contributed by atoms with Gasteiger partial charge in [-0.3, -0.25) is 4.90 Å². The number of nitrogens with one attached hydrogen (secondary N) is 1. The first-order chi connectivity index (χ1) is 16.7. The molecule has 1 aliphatic heterocycles. The predicted molar refractivity (Wildman–Crippen MR) is 138 cm³/mol. The summed E-state index contributed by atoms with van der Waals surface area (Å²) < 4.78 is 2.08. The summed E-state index contributed by atoms with van der Waals surface area (Å²) in [4.78, 5) is 7.63. The Bertz CT molecular complexity index is 1280. The Morgan fingerprint density at radius 1 is 0.941 bits per heavy atom. The molecular weight excluding hydrogens is 418 g/mol. The van der Waals surface area contributed by atoms with Crippen molar-refractivity contribution in [3.8, 4) is 11.3 Å². The number of anilines is 1. The third-order valence-electron chi connectivity index (χ3n) is 7.37. The van der Waals surface area contributed by atoms with Crippen LogP contribution in [0.5, 0.6) is 0 Å². The summed E-state index contributed by atoms with van der Waals surface area (Å²) in [6, 6.07) is 22.0. The maximum atomic E-state index is 5.05. The normalized spacial score (nSPS) is 17.1. The number of hydrogen-bond donors (Lipinski definition) is 1. The van der Waals surface area contributed by atoms with Crippen LogP contribution in [0.1, 0.15) is 48.1 Å². The highest BCUT2D eigenvalue weighted by molar-refractivity contribution is 5.67. The van der Waals surface area contributed by atoms with E-state index in [-0.39, 0.29) is 0 Å². The Balaban J connectivity index is 1.26. The van der Waals surface area contributed by atoms with Gasteiger partial charge >= 0.3 is 0 Å². The van der Waals surface area contributed by atoms with Crippen molar-refractivity contribution in [2.75, 3.05) is 18.4 Å². The molecule has 0 bridgehead atoms. The molecule has 3 heterocycles. The highest BCUT2D eigenvalue weighted by Crippen LogP contribution is 2.31. The molecule has 0 spiro atoms. The first kappa shape index (κ1) is 21.4. The molecular formula is C29H33N5. The molecule has 2 aliphatic rings. The number of benzene rings is 2. The molecule has 5 heteroatoms. The lowest BCUT2D eigenvalue weighted by Gasteiger charge is -2.33. The zero-order chi connectivity index (χ0) is 22.9. The van der Waals surface area contributed by atoms with Crippen LogP contribution in [0.15, 0.2) is 60.7 Å². The number of aromatic nitrogens is 3. The summed E-state index contributed by atoms with van der Waals surface area (Å²) in [7, 11) is 0. The van der Waals surface area contributed by atoms with Crippen LogP contribution in [0, 0.1) is 6.92 Å². The Labute approximate surface area is 201 Å². The lowest BCUT2D eigenvalue weighted by atomic mass is 9.95. The van der Waals surface area contributed by atoms with Crippen LogP contribution in [0.2, 0.25) is 0 Å². The van der Waals surface area contributed by atoms with Gasteiger partial charge in [-0.15, -0.1) is 0 Å². The van der Waals surface area contributed by atoms with Gasteiger partial charge in [0.2, 0.25) is 0 Å². The second-order valence-electron chi connectivity index (χ2n) is 9.94. The second-order valence-corrected chi connectivity index (χ2v) is 9.94. The van der Waals surface area contributed by atoms with Crippen LogP contribution in [-0.2, 0) is 19.4 Å². The largest absolute Gasteiger partial charge is 0.367 e. The van der Waals surface area contributed by atoms with Crippen molar-refractivity contribution in [2.24, 2.45) is 0 Å². The Morgan fingerprint density at radius 2 is 1.76 bits per heavy atom. The van der Waals surface area contributed by atoms with Crippen LogP contribution < -0.4 is 5.32 Å². The number of likely N-dealkylation sites (tertiary alicyclic amines) is 1. The second kappa shape index (κ2) is 9.22. The van der Waals surface area contributed by atoms with Gasteiger partial charge in [0.25, 0.3) is 0 Å². The van der Waals surface area contributed by atoms with Crippen molar-refractivity contribution in [3.63, 3.8) is 0 Å². The van der Waals surface area contributed by atoms with E-state index in [4.69, 9.17) is 10.1 Å². The standard InChI is InChI=1S/C29H33N5/c1-21-8-7-11-23(18-21)27-19-28-31-26-13-6-5-12-25(26)29(34(28)32-27)30-24-14-16-33(17-15-24)20-22-9-3-2-4-10-22/h2-4,7-11,18-19,24,30H,5-6,12-17,20H2,1H3. The number of aryl methyl sites for hydroxylation is 2. The molecule has 34 heavy (non-hydrogen) atoms. The van der Waals surface area contributed by atoms with Gasteiger partial charge in [0.1, 0.15) is 5.82 Å². The van der Waals surface area contributed by atoms with Crippen LogP contribution >= 0.6 is 0 Å². The van der Waals surface area contributed by atoms with Gasteiger partial charge in [-0.25, -0.2) is 4.98 Å². The molecule has 1 aliphatic carbocycles. The first-order valence-corrected chi connectivity index (χ1v) is 12.7. The molecule has 6 rings (SSSR count). The van der Waals surface area contributed by atoms with E-state index in [2.05, 4.69) is 82.3 Å². The summed E-state index contributed by atoms with van der Waals surface area (Å²) >= 11 is 0. The van der Waals surface area contributed by atoms with E-state index < -0.39 is 0 Å². The molecule has 174 valence electrons. The first-order valence-electron chi connectivity index (χ1n) is 12.7. The summed E-state index contributed by atoms with van der Waals surface area (Å²) in [6.45, 7) is 5.42. The SMILES string of the molecule is Cc1cccc(-c2cc3nc4c(c(NC5CCN(Cc6ccccc6)CC5)n3n2)CCCC4)c1. The van der Waals surface area contributed by atoms with Crippen molar-refractivity contribution in [1.29, 1.82) is 0 Å². The van der Waals surface area contributed by atoms with E-state index >= 15 is 0 Å². The summed E-state index contributed by atoms with van der Waals surface area (Å²) in [5.74, 6) is 1.18. The molecule has 0 radical (unpaired) electrons. The molecule has 1 saturated heterocycles. The topological polar surface area (TPSA) is 45.5 Å². The quantitative estimate of drug-likeness (QED) is 0.425. The van der Waals surface area contributed by atoms with Crippen LogP contribution in [0.3, 0.4) is 0 Å². The maximum Gasteiger partial charge on any atom is 0.158 e. The van der Waals surface area contributed by atoms with E-state index in [1.807, 2.05) is 0 Å². The van der Waals surface area contributed by atoms with E-state index in [0.29, 0.717) is 6.04 Å². The average molecular weight is 452 g/mol. The molecule has 2 aromatic carbocycles. The molecule has 0 atom stereocenters. The number of rotatable bonds is 5. The van der Waals surface area contributed by atoms with Crippen molar-refractivity contribution >= 4 is 11.5 Å². The Hall–Kier alpha value is -3.18. The van der Waals surface area contributed by atoms with Crippen LogP contribution in [0.25, 0.3) is 16.9 Å². The molecule has 0 saturated carbocycles. The monoisotopic (exact) mass is 451 g/mol. The predicted octanol–water partition coefficient (Wildman–Crippen LogP) is 5.66. The lowest BCUT2D eigenvalue weighted by Crippen LogP contribution is -2.39. The summed E-state index contributed by atoms with van der Waals surface area (Å²) in [5, 5.41) is 9.00. The van der Waals surface area contributed by atoms with Gasteiger partial charge in [-0.1, -0.05) is 54.1 Å². The average Bonchev–Trinajstić information content (AvgIpc) is 3.30.